The van der Waals surface area contributed by atoms with Crippen LogP contribution in [-0.4, -0.2) is 18.0 Å². The molecule has 9 aromatic rings. The number of hydrogen-bond donors (Lipinski definition) is 0. The molecule has 246 valence electrons. The van der Waals surface area contributed by atoms with Gasteiger partial charge in [0, 0.05) is 50.4 Å². The second-order valence-corrected chi connectivity index (χ2v) is 17.7. The molecule has 1 aliphatic rings. The number of fused-ring (bicyclic) bond motifs is 6. The number of hydrogen-bond acceptors (Lipinski definition) is 5. The van der Waals surface area contributed by atoms with Crippen molar-refractivity contribution in [2.45, 2.75) is 0 Å². The third-order valence-electron chi connectivity index (χ3n) is 10.1. The van der Waals surface area contributed by atoms with Crippen LogP contribution in [0.4, 0.5) is 17.2 Å². The summed E-state index contributed by atoms with van der Waals surface area (Å²) < 4.78 is 9.05. The van der Waals surface area contributed by atoms with Crippen LogP contribution in [0.15, 0.2) is 188 Å². The zero-order valence-corrected chi connectivity index (χ0v) is 29.9. The molecule has 6 aromatic carbocycles. The van der Waals surface area contributed by atoms with E-state index >= 15 is 0 Å². The molecule has 0 bridgehead atoms. The first kappa shape index (κ1) is 30.5. The lowest BCUT2D eigenvalue weighted by Crippen LogP contribution is -2.77. The van der Waals surface area contributed by atoms with Gasteiger partial charge in [-0.1, -0.05) is 121 Å². The molecule has 0 radical (unpaired) electrons. The average Bonchev–Trinajstić information content (AvgIpc) is 3.60. The maximum Gasteiger partial charge on any atom is 0.187 e. The first-order valence-corrected chi connectivity index (χ1v) is 20.2. The minimum absolute atomic E-state index is 0.747. The van der Waals surface area contributed by atoms with E-state index in [1.807, 2.05) is 60.0 Å². The van der Waals surface area contributed by atoms with E-state index in [-0.39, 0.29) is 0 Å². The topological polar surface area (TPSA) is 38.2 Å². The van der Waals surface area contributed by atoms with E-state index in [0.717, 1.165) is 39.9 Å². The van der Waals surface area contributed by atoms with Gasteiger partial charge in [-0.2, -0.15) is 0 Å². The van der Waals surface area contributed by atoms with Gasteiger partial charge in [-0.25, -0.2) is 4.98 Å². The Kier molecular flexibility index (Phi) is 7.30. The Morgan fingerprint density at radius 2 is 1.25 bits per heavy atom. The van der Waals surface area contributed by atoms with E-state index in [1.165, 1.54) is 40.9 Å². The van der Waals surface area contributed by atoms with E-state index in [4.69, 9.17) is 9.72 Å². The molecule has 3 aromatic heterocycles. The third-order valence-corrected chi connectivity index (χ3v) is 16.0. The van der Waals surface area contributed by atoms with E-state index in [2.05, 4.69) is 150 Å². The Morgan fingerprint density at radius 3 is 2.04 bits per heavy atom. The molecule has 4 heterocycles. The quantitative estimate of drug-likeness (QED) is 0.162. The second-order valence-electron chi connectivity index (χ2n) is 13.0. The molecule has 0 amide bonds. The predicted molar refractivity (Wildman–Crippen MR) is 219 cm³/mol. The largest absolute Gasteiger partial charge is 0.457 e. The summed E-state index contributed by atoms with van der Waals surface area (Å²) in [7, 11) is -2.94. The summed E-state index contributed by atoms with van der Waals surface area (Å²) in [4.78, 5) is 12.3. The van der Waals surface area contributed by atoms with Crippen LogP contribution in [0.1, 0.15) is 0 Å². The van der Waals surface area contributed by atoms with Crippen LogP contribution >= 0.6 is 11.3 Å². The van der Waals surface area contributed by atoms with Crippen LogP contribution in [0.2, 0.25) is 0 Å². The van der Waals surface area contributed by atoms with Crippen LogP contribution in [-0.2, 0) is 0 Å². The Balaban J connectivity index is 1.23. The smallest absolute Gasteiger partial charge is 0.187 e. The molecule has 0 unspecified atom stereocenters. The summed E-state index contributed by atoms with van der Waals surface area (Å²) in [6.07, 6.45) is 3.90. The number of ether oxygens (including phenoxy) is 1. The van der Waals surface area contributed by atoms with Gasteiger partial charge in [0.05, 0.1) is 16.1 Å². The lowest BCUT2D eigenvalue weighted by atomic mass is 10.1. The molecule has 52 heavy (non-hydrogen) atoms. The number of rotatable bonds is 6. The van der Waals surface area contributed by atoms with Crippen LogP contribution in [0.5, 0.6) is 11.5 Å². The van der Waals surface area contributed by atoms with Gasteiger partial charge in [0.15, 0.2) is 8.07 Å². The van der Waals surface area contributed by atoms with Crippen molar-refractivity contribution in [3.05, 3.63) is 188 Å². The molecular weight excluding hydrogens is 671 g/mol. The third kappa shape index (κ3) is 4.80. The lowest BCUT2D eigenvalue weighted by Gasteiger charge is -2.44. The van der Waals surface area contributed by atoms with Crippen molar-refractivity contribution in [3.8, 4) is 22.8 Å². The van der Waals surface area contributed by atoms with Crippen molar-refractivity contribution in [3.63, 3.8) is 0 Å². The highest BCUT2D eigenvalue weighted by Crippen LogP contribution is 2.43. The van der Waals surface area contributed by atoms with Crippen LogP contribution < -0.4 is 30.4 Å². The second kappa shape index (κ2) is 12.5. The van der Waals surface area contributed by atoms with Gasteiger partial charge < -0.3 is 4.74 Å². The van der Waals surface area contributed by atoms with Crippen LogP contribution in [0.3, 0.4) is 0 Å². The number of benzene rings is 6. The highest BCUT2D eigenvalue weighted by molar-refractivity contribution is 7.28. The molecule has 0 fully saturated rings. The zero-order valence-electron chi connectivity index (χ0n) is 28.1. The zero-order chi connectivity index (χ0) is 34.5. The Morgan fingerprint density at radius 1 is 0.558 bits per heavy atom. The molecule has 10 rings (SSSR count). The molecule has 0 aliphatic carbocycles. The van der Waals surface area contributed by atoms with Gasteiger partial charge in [0.2, 0.25) is 0 Å². The summed E-state index contributed by atoms with van der Waals surface area (Å²) >= 11 is 1.82. The molecule has 1 aliphatic heterocycles. The minimum Gasteiger partial charge on any atom is -0.457 e. The Hall–Kier alpha value is -6.34. The van der Waals surface area contributed by atoms with Gasteiger partial charge >= 0.3 is 0 Å². The van der Waals surface area contributed by atoms with Crippen molar-refractivity contribution in [2.75, 3.05) is 4.90 Å². The summed E-state index contributed by atoms with van der Waals surface area (Å²) in [6.45, 7) is 0. The van der Waals surface area contributed by atoms with Crippen molar-refractivity contribution in [1.82, 2.24) is 9.97 Å². The molecular formula is C46H31N3OSSi. The number of nitrogens with zero attached hydrogens (tertiary/aromatic N) is 3. The van der Waals surface area contributed by atoms with Gasteiger partial charge in [-0.15, -0.1) is 11.3 Å². The first-order chi connectivity index (χ1) is 25.8. The molecule has 0 saturated heterocycles. The molecule has 6 heteroatoms. The lowest BCUT2D eigenvalue weighted by molar-refractivity contribution is 0.483. The van der Waals surface area contributed by atoms with Crippen LogP contribution in [0.25, 0.3) is 31.4 Å². The van der Waals surface area contributed by atoms with E-state index in [1.54, 1.807) is 0 Å². The van der Waals surface area contributed by atoms with Crippen molar-refractivity contribution in [1.29, 1.82) is 0 Å². The Labute approximate surface area is 306 Å². The van der Waals surface area contributed by atoms with Crippen molar-refractivity contribution in [2.24, 2.45) is 0 Å². The van der Waals surface area contributed by atoms with Crippen LogP contribution in [0, 0.1) is 0 Å². The highest BCUT2D eigenvalue weighted by atomic mass is 32.1. The number of pyridine rings is 2. The predicted octanol–water partition coefficient (Wildman–Crippen LogP) is 9.46. The minimum atomic E-state index is -2.94. The number of para-hydroxylation sites is 1. The van der Waals surface area contributed by atoms with Crippen molar-refractivity contribution < 1.29 is 4.74 Å². The number of thiophene rings is 1. The van der Waals surface area contributed by atoms with Crippen molar-refractivity contribution >= 4 is 77.5 Å². The number of anilines is 3. The molecule has 0 N–H and O–H groups in total. The van der Waals surface area contributed by atoms with E-state index in [9.17, 15) is 0 Å². The summed E-state index contributed by atoms with van der Waals surface area (Å²) in [5, 5.41) is 7.89. The molecule has 0 saturated carbocycles. The van der Waals surface area contributed by atoms with Gasteiger partial charge in [0.1, 0.15) is 17.3 Å². The standard InChI is InChI=1S/C46H31N3OSSi/c1-3-19-36(20-4-1)52(37-21-5-2-6-22-37)43-27-10-8-25-40(43)49(46-45(52)44-38-23-7-9-26-41(38)51-42(44)31-48-46)33-16-14-18-35(30-33)50-34-17-13-15-32(29-34)39-24-11-12-28-47-39/h1-31H. The molecule has 0 atom stereocenters. The van der Waals surface area contributed by atoms with E-state index in [0.29, 0.717) is 0 Å². The fourth-order valence-corrected chi connectivity index (χ4v) is 14.4. The summed E-state index contributed by atoms with van der Waals surface area (Å²) in [5.74, 6) is 2.46. The maximum atomic E-state index is 6.58. The van der Waals surface area contributed by atoms with Gasteiger partial charge in [0.25, 0.3) is 0 Å². The Bertz CT molecular complexity index is 2690. The number of aromatic nitrogens is 2. The fourth-order valence-electron chi connectivity index (χ4n) is 7.95. The average molecular weight is 702 g/mol. The fraction of sp³-hybridized carbons (Fsp3) is 0. The van der Waals surface area contributed by atoms with Gasteiger partial charge in [-0.05, 0) is 64.1 Å². The normalized spacial score (nSPS) is 13.1. The molecule has 4 nitrogen and oxygen atoms in total. The van der Waals surface area contributed by atoms with Gasteiger partial charge in [-0.3, -0.25) is 9.88 Å². The molecule has 0 spiro atoms. The highest BCUT2D eigenvalue weighted by Gasteiger charge is 2.51. The summed E-state index contributed by atoms with van der Waals surface area (Å²) in [6, 6.07) is 62.5. The summed E-state index contributed by atoms with van der Waals surface area (Å²) in [5.41, 5.74) is 4.04. The SMILES string of the molecule is c1ccc([Si]2(c3ccccc3)c3ccccc3N(c3cccc(Oc4cccc(-c5ccccn5)c4)c3)c3ncc4sc5ccccc5c4c32)cc1. The maximum absolute atomic E-state index is 6.58. The first-order valence-electron chi connectivity index (χ1n) is 17.4. The monoisotopic (exact) mass is 701 g/mol. The van der Waals surface area contributed by atoms with E-state index < -0.39 is 8.07 Å².